The Morgan fingerprint density at radius 1 is 1.08 bits per heavy atom. The van der Waals surface area contributed by atoms with Crippen molar-refractivity contribution in [2.24, 2.45) is 0 Å². The lowest BCUT2D eigenvalue weighted by molar-refractivity contribution is 0.170. The van der Waals surface area contributed by atoms with Gasteiger partial charge in [0.25, 0.3) is 0 Å². The zero-order valence-corrected chi connectivity index (χ0v) is 13.7. The number of nitrogens with one attached hydrogen (secondary N) is 1. The Morgan fingerprint density at radius 3 is 2.64 bits per heavy atom. The Kier molecular flexibility index (Phi) is 4.17. The number of carbonyl (C=O) groups excluding carboxylic acids is 1. The average Bonchev–Trinajstić information content (AvgIpc) is 3.13. The summed E-state index contributed by atoms with van der Waals surface area (Å²) < 4.78 is 24.2. The molecule has 2 heterocycles. The Morgan fingerprint density at radius 2 is 1.84 bits per heavy atom. The lowest BCUT2D eigenvalue weighted by atomic mass is 10.0. The van der Waals surface area contributed by atoms with E-state index in [-0.39, 0.29) is 17.9 Å². The number of hydrogen-bond donors (Lipinski definition) is 1. The Labute approximate surface area is 145 Å². The zero-order valence-electron chi connectivity index (χ0n) is 13.7. The van der Waals surface area contributed by atoms with Gasteiger partial charge >= 0.3 is 6.03 Å². The van der Waals surface area contributed by atoms with Gasteiger partial charge in [0.2, 0.25) is 0 Å². The first-order chi connectivity index (χ1) is 12.2. The second-order valence-corrected chi connectivity index (χ2v) is 6.19. The number of ether oxygens (including phenoxy) is 2. The molecule has 0 radical (unpaired) electrons. The van der Waals surface area contributed by atoms with E-state index >= 15 is 0 Å². The molecule has 1 N–H and O–H groups in total. The molecule has 0 aliphatic carbocycles. The second kappa shape index (κ2) is 6.63. The topological polar surface area (TPSA) is 50.8 Å². The lowest BCUT2D eigenvalue weighted by Gasteiger charge is -2.27. The number of amides is 2. The first kappa shape index (κ1) is 15.7. The van der Waals surface area contributed by atoms with Crippen molar-refractivity contribution in [3.63, 3.8) is 0 Å². The molecule has 2 aromatic carbocycles. The van der Waals surface area contributed by atoms with Gasteiger partial charge < -0.3 is 19.7 Å². The molecule has 1 atom stereocenters. The third-order valence-corrected chi connectivity index (χ3v) is 4.56. The Balaban J connectivity index is 1.51. The number of nitrogens with zero attached hydrogens (tertiary/aromatic N) is 1. The summed E-state index contributed by atoms with van der Waals surface area (Å²) in [6.45, 7) is 1.78. The highest BCUT2D eigenvalue weighted by atomic mass is 19.1. The predicted molar refractivity (Wildman–Crippen MR) is 91.5 cm³/mol. The fraction of sp³-hybridized carbons (Fsp3) is 0.316. The number of likely N-dealkylation sites (tertiary alicyclic amines) is 1. The van der Waals surface area contributed by atoms with Gasteiger partial charge in [-0.15, -0.1) is 0 Å². The number of benzene rings is 2. The summed E-state index contributed by atoms with van der Waals surface area (Å²) in [6.07, 6.45) is 1.84. The predicted octanol–water partition coefficient (Wildman–Crippen LogP) is 3.97. The molecule has 2 amide bonds. The minimum atomic E-state index is -0.326. The van der Waals surface area contributed by atoms with Crippen LogP contribution in [0.2, 0.25) is 0 Å². The molecule has 2 aliphatic rings. The third kappa shape index (κ3) is 3.24. The standard InChI is InChI=1S/C19H19FN2O3/c20-14-4-6-15(7-5-14)21-19(23)22-9-1-2-16(22)13-3-8-17-18(12-13)25-11-10-24-17/h3-8,12,16H,1-2,9-11H2,(H,21,23)/t16-/m1/s1. The van der Waals surface area contributed by atoms with E-state index in [2.05, 4.69) is 5.32 Å². The minimum Gasteiger partial charge on any atom is -0.486 e. The van der Waals surface area contributed by atoms with E-state index in [0.29, 0.717) is 25.4 Å². The van der Waals surface area contributed by atoms with Gasteiger partial charge in [-0.3, -0.25) is 0 Å². The molecule has 0 unspecified atom stereocenters. The second-order valence-electron chi connectivity index (χ2n) is 6.19. The lowest BCUT2D eigenvalue weighted by Crippen LogP contribution is -2.34. The summed E-state index contributed by atoms with van der Waals surface area (Å²) in [5, 5.41) is 2.84. The van der Waals surface area contributed by atoms with Crippen LogP contribution in [0.25, 0.3) is 0 Å². The van der Waals surface area contributed by atoms with Crippen molar-refractivity contribution >= 4 is 11.7 Å². The van der Waals surface area contributed by atoms with Crippen molar-refractivity contribution in [2.45, 2.75) is 18.9 Å². The number of rotatable bonds is 2. The average molecular weight is 342 g/mol. The number of halogens is 1. The molecule has 5 nitrogen and oxygen atoms in total. The molecule has 2 aromatic rings. The summed E-state index contributed by atoms with van der Waals surface area (Å²) in [6, 6.07) is 11.4. The molecular weight excluding hydrogens is 323 g/mol. The maximum atomic E-state index is 13.0. The molecule has 2 aliphatic heterocycles. The van der Waals surface area contributed by atoms with Crippen LogP contribution in [0.3, 0.4) is 0 Å². The molecule has 25 heavy (non-hydrogen) atoms. The first-order valence-electron chi connectivity index (χ1n) is 8.43. The first-order valence-corrected chi connectivity index (χ1v) is 8.43. The Hall–Kier alpha value is -2.76. The van der Waals surface area contributed by atoms with Gasteiger partial charge in [0.05, 0.1) is 6.04 Å². The van der Waals surface area contributed by atoms with E-state index in [9.17, 15) is 9.18 Å². The minimum absolute atomic E-state index is 0.00345. The van der Waals surface area contributed by atoms with E-state index in [0.717, 1.165) is 29.9 Å². The number of anilines is 1. The van der Waals surface area contributed by atoms with E-state index in [4.69, 9.17) is 9.47 Å². The fourth-order valence-corrected chi connectivity index (χ4v) is 3.35. The monoisotopic (exact) mass is 342 g/mol. The molecule has 6 heteroatoms. The molecule has 4 rings (SSSR count). The van der Waals surface area contributed by atoms with Gasteiger partial charge in [-0.2, -0.15) is 0 Å². The summed E-state index contributed by atoms with van der Waals surface area (Å²) >= 11 is 0. The van der Waals surface area contributed by atoms with E-state index in [1.54, 1.807) is 12.1 Å². The smallest absolute Gasteiger partial charge is 0.322 e. The summed E-state index contributed by atoms with van der Waals surface area (Å²) in [5.41, 5.74) is 1.62. The van der Waals surface area contributed by atoms with E-state index in [1.165, 1.54) is 12.1 Å². The van der Waals surface area contributed by atoms with E-state index in [1.807, 2.05) is 23.1 Å². The molecule has 1 fully saturated rings. The van der Waals surface area contributed by atoms with Crippen LogP contribution in [0.1, 0.15) is 24.4 Å². The van der Waals surface area contributed by atoms with Gasteiger partial charge in [-0.1, -0.05) is 6.07 Å². The number of hydrogen-bond acceptors (Lipinski definition) is 3. The van der Waals surface area contributed by atoms with Crippen molar-refractivity contribution in [2.75, 3.05) is 25.1 Å². The SMILES string of the molecule is O=C(Nc1ccc(F)cc1)N1CCC[C@@H]1c1ccc2c(c1)OCCO2. The summed E-state index contributed by atoms with van der Waals surface area (Å²) in [4.78, 5) is 14.5. The normalized spacial score (nSPS) is 18.9. The fourth-order valence-electron chi connectivity index (χ4n) is 3.35. The quantitative estimate of drug-likeness (QED) is 0.898. The maximum Gasteiger partial charge on any atom is 0.322 e. The van der Waals surface area contributed by atoms with Crippen LogP contribution in [0.5, 0.6) is 11.5 Å². The molecule has 0 spiro atoms. The van der Waals surface area contributed by atoms with Crippen LogP contribution >= 0.6 is 0 Å². The van der Waals surface area contributed by atoms with Crippen LogP contribution in [0.15, 0.2) is 42.5 Å². The largest absolute Gasteiger partial charge is 0.486 e. The highest BCUT2D eigenvalue weighted by molar-refractivity contribution is 5.89. The maximum absolute atomic E-state index is 13.0. The van der Waals surface area contributed by atoms with Crippen molar-refractivity contribution in [1.29, 1.82) is 0 Å². The van der Waals surface area contributed by atoms with Crippen molar-refractivity contribution < 1.29 is 18.7 Å². The van der Waals surface area contributed by atoms with Gasteiger partial charge in [-0.05, 0) is 54.8 Å². The number of urea groups is 1. The van der Waals surface area contributed by atoms with Gasteiger partial charge in [0.1, 0.15) is 19.0 Å². The van der Waals surface area contributed by atoms with Crippen LogP contribution in [-0.2, 0) is 0 Å². The molecule has 1 saturated heterocycles. The van der Waals surface area contributed by atoms with Gasteiger partial charge in [0, 0.05) is 12.2 Å². The van der Waals surface area contributed by atoms with Gasteiger partial charge in [0.15, 0.2) is 11.5 Å². The zero-order chi connectivity index (χ0) is 17.2. The summed E-state index contributed by atoms with van der Waals surface area (Å²) in [5.74, 6) is 1.15. The van der Waals surface area contributed by atoms with Gasteiger partial charge in [-0.25, -0.2) is 9.18 Å². The molecule has 130 valence electrons. The molecule has 0 aromatic heterocycles. The highest BCUT2D eigenvalue weighted by Crippen LogP contribution is 2.38. The Bertz CT molecular complexity index is 779. The third-order valence-electron chi connectivity index (χ3n) is 4.56. The molecule has 0 saturated carbocycles. The number of fused-ring (bicyclic) bond motifs is 1. The highest BCUT2D eigenvalue weighted by Gasteiger charge is 2.31. The van der Waals surface area contributed by atoms with Crippen LogP contribution < -0.4 is 14.8 Å². The summed E-state index contributed by atoms with van der Waals surface area (Å²) in [7, 11) is 0. The van der Waals surface area contributed by atoms with Crippen molar-refractivity contribution in [3.05, 3.63) is 53.8 Å². The number of carbonyl (C=O) groups is 1. The van der Waals surface area contributed by atoms with Crippen LogP contribution in [0, 0.1) is 5.82 Å². The van der Waals surface area contributed by atoms with Crippen LogP contribution in [0.4, 0.5) is 14.9 Å². The van der Waals surface area contributed by atoms with E-state index < -0.39 is 0 Å². The van der Waals surface area contributed by atoms with Crippen LogP contribution in [-0.4, -0.2) is 30.7 Å². The molecular formula is C19H19FN2O3. The van der Waals surface area contributed by atoms with Crippen molar-refractivity contribution in [1.82, 2.24) is 4.90 Å². The molecule has 0 bridgehead atoms. The van der Waals surface area contributed by atoms with Crippen molar-refractivity contribution in [3.8, 4) is 11.5 Å².